The number of allylic oxidation sites excluding steroid dienone is 2. The SMILES string of the molecule is C/C=C/CC1=C(C)C(=O)N(C)C1=O. The summed E-state index contributed by atoms with van der Waals surface area (Å²) in [6.45, 7) is 3.59. The summed E-state index contributed by atoms with van der Waals surface area (Å²) in [5.41, 5.74) is 1.19. The van der Waals surface area contributed by atoms with E-state index in [-0.39, 0.29) is 11.8 Å². The fourth-order valence-electron chi connectivity index (χ4n) is 1.31. The Labute approximate surface area is 77.7 Å². The molecule has 0 N–H and O–H groups in total. The predicted molar refractivity (Wildman–Crippen MR) is 49.9 cm³/mol. The molecule has 1 heterocycles. The van der Waals surface area contributed by atoms with Gasteiger partial charge in [0.2, 0.25) is 0 Å². The third-order valence-electron chi connectivity index (χ3n) is 2.20. The predicted octanol–water partition coefficient (Wildman–Crippen LogP) is 1.27. The Bertz CT molecular complexity index is 313. The van der Waals surface area contributed by atoms with Crippen LogP contribution < -0.4 is 0 Å². The Kier molecular flexibility index (Phi) is 2.66. The van der Waals surface area contributed by atoms with Crippen LogP contribution in [0.25, 0.3) is 0 Å². The standard InChI is InChI=1S/C10H13NO2/c1-4-5-6-8-7(2)9(12)11(3)10(8)13/h4-5H,6H2,1-3H3/b5-4+. The first kappa shape index (κ1) is 9.71. The maximum Gasteiger partial charge on any atom is 0.257 e. The lowest BCUT2D eigenvalue weighted by atomic mass is 10.1. The molecule has 0 aromatic rings. The average Bonchev–Trinajstić information content (AvgIpc) is 2.30. The van der Waals surface area contributed by atoms with Gasteiger partial charge in [0.25, 0.3) is 11.8 Å². The third kappa shape index (κ3) is 1.54. The zero-order valence-corrected chi connectivity index (χ0v) is 8.13. The maximum atomic E-state index is 11.4. The molecule has 0 radical (unpaired) electrons. The van der Waals surface area contributed by atoms with E-state index >= 15 is 0 Å². The molecule has 1 aliphatic rings. The van der Waals surface area contributed by atoms with Gasteiger partial charge in [-0.1, -0.05) is 12.2 Å². The molecule has 0 atom stereocenters. The molecule has 3 heteroatoms. The van der Waals surface area contributed by atoms with Crippen LogP contribution in [0.15, 0.2) is 23.3 Å². The van der Waals surface area contributed by atoms with Crippen LogP contribution in [0, 0.1) is 0 Å². The molecule has 13 heavy (non-hydrogen) atoms. The lowest BCUT2D eigenvalue weighted by Crippen LogP contribution is -2.26. The van der Waals surface area contributed by atoms with E-state index in [0.717, 1.165) is 4.90 Å². The van der Waals surface area contributed by atoms with Crippen LogP contribution in [0.1, 0.15) is 20.3 Å². The summed E-state index contributed by atoms with van der Waals surface area (Å²) >= 11 is 0. The van der Waals surface area contributed by atoms with E-state index in [9.17, 15) is 9.59 Å². The van der Waals surface area contributed by atoms with Crippen LogP contribution in [0.4, 0.5) is 0 Å². The minimum atomic E-state index is -0.176. The van der Waals surface area contributed by atoms with Crippen LogP contribution in [-0.2, 0) is 9.59 Å². The Morgan fingerprint density at radius 2 is 1.92 bits per heavy atom. The number of amides is 2. The number of hydrogen-bond acceptors (Lipinski definition) is 2. The molecule has 2 amide bonds. The van der Waals surface area contributed by atoms with E-state index in [1.807, 2.05) is 19.1 Å². The van der Waals surface area contributed by atoms with Gasteiger partial charge in [-0.25, -0.2) is 0 Å². The van der Waals surface area contributed by atoms with Crippen molar-refractivity contribution in [3.8, 4) is 0 Å². The Balaban J connectivity index is 2.94. The maximum absolute atomic E-state index is 11.4. The number of rotatable bonds is 2. The molecule has 0 saturated heterocycles. The quantitative estimate of drug-likeness (QED) is 0.473. The van der Waals surface area contributed by atoms with Crippen LogP contribution in [0.3, 0.4) is 0 Å². The van der Waals surface area contributed by atoms with Gasteiger partial charge < -0.3 is 0 Å². The van der Waals surface area contributed by atoms with Gasteiger partial charge in [-0.3, -0.25) is 14.5 Å². The van der Waals surface area contributed by atoms with Gasteiger partial charge in [-0.15, -0.1) is 0 Å². The van der Waals surface area contributed by atoms with Crippen LogP contribution in [-0.4, -0.2) is 23.8 Å². The Hall–Kier alpha value is -1.38. The number of nitrogens with zero attached hydrogens (tertiary/aromatic N) is 1. The second kappa shape index (κ2) is 3.56. The smallest absolute Gasteiger partial charge is 0.257 e. The van der Waals surface area contributed by atoms with Crippen LogP contribution in [0.5, 0.6) is 0 Å². The van der Waals surface area contributed by atoms with E-state index in [4.69, 9.17) is 0 Å². The van der Waals surface area contributed by atoms with Crippen molar-refractivity contribution >= 4 is 11.8 Å². The summed E-state index contributed by atoms with van der Waals surface area (Å²) in [4.78, 5) is 23.9. The molecule has 0 aliphatic carbocycles. The Morgan fingerprint density at radius 3 is 2.31 bits per heavy atom. The van der Waals surface area contributed by atoms with Gasteiger partial charge in [-0.2, -0.15) is 0 Å². The Morgan fingerprint density at radius 1 is 1.31 bits per heavy atom. The number of likely N-dealkylation sites (N-methyl/N-ethyl adjacent to an activating group) is 1. The van der Waals surface area contributed by atoms with E-state index in [1.165, 1.54) is 7.05 Å². The first-order valence-corrected chi connectivity index (χ1v) is 4.23. The summed E-state index contributed by atoms with van der Waals surface area (Å²) in [7, 11) is 1.51. The molecule has 1 aliphatic heterocycles. The van der Waals surface area contributed by atoms with Crippen molar-refractivity contribution in [2.24, 2.45) is 0 Å². The van der Waals surface area contributed by atoms with Crippen LogP contribution in [0.2, 0.25) is 0 Å². The molecule has 0 aromatic carbocycles. The molecule has 70 valence electrons. The zero-order valence-electron chi connectivity index (χ0n) is 8.13. The number of imide groups is 1. The highest BCUT2D eigenvalue weighted by Crippen LogP contribution is 2.21. The molecule has 0 aromatic heterocycles. The summed E-state index contributed by atoms with van der Waals surface area (Å²) in [5.74, 6) is -0.342. The monoisotopic (exact) mass is 179 g/mol. The molecular weight excluding hydrogens is 166 g/mol. The molecule has 0 unspecified atom stereocenters. The average molecular weight is 179 g/mol. The number of carbonyl (C=O) groups excluding carboxylic acids is 2. The van der Waals surface area contributed by atoms with Gasteiger partial charge in [0.15, 0.2) is 0 Å². The lowest BCUT2D eigenvalue weighted by molar-refractivity contribution is -0.135. The zero-order chi connectivity index (χ0) is 10.0. The van der Waals surface area contributed by atoms with Crippen molar-refractivity contribution in [1.29, 1.82) is 0 Å². The molecule has 1 rings (SSSR count). The molecule has 0 saturated carbocycles. The topological polar surface area (TPSA) is 37.4 Å². The van der Waals surface area contributed by atoms with Crippen molar-refractivity contribution in [3.05, 3.63) is 23.3 Å². The number of hydrogen-bond donors (Lipinski definition) is 0. The van der Waals surface area contributed by atoms with E-state index in [2.05, 4.69) is 0 Å². The fraction of sp³-hybridized carbons (Fsp3) is 0.400. The molecule has 0 spiro atoms. The first-order valence-electron chi connectivity index (χ1n) is 4.23. The third-order valence-corrected chi connectivity index (χ3v) is 2.20. The highest BCUT2D eigenvalue weighted by Gasteiger charge is 2.31. The highest BCUT2D eigenvalue weighted by atomic mass is 16.2. The van der Waals surface area contributed by atoms with E-state index < -0.39 is 0 Å². The van der Waals surface area contributed by atoms with E-state index in [1.54, 1.807) is 6.92 Å². The second-order valence-electron chi connectivity index (χ2n) is 3.05. The molecule has 3 nitrogen and oxygen atoms in total. The number of carbonyl (C=O) groups is 2. The highest BCUT2D eigenvalue weighted by molar-refractivity contribution is 6.18. The summed E-state index contributed by atoms with van der Waals surface area (Å²) in [6.07, 6.45) is 4.30. The summed E-state index contributed by atoms with van der Waals surface area (Å²) < 4.78 is 0. The largest absolute Gasteiger partial charge is 0.278 e. The fourth-order valence-corrected chi connectivity index (χ4v) is 1.31. The minimum absolute atomic E-state index is 0.166. The van der Waals surface area contributed by atoms with Gasteiger partial charge in [-0.05, 0) is 20.3 Å². The summed E-state index contributed by atoms with van der Waals surface area (Å²) in [5, 5.41) is 0. The lowest BCUT2D eigenvalue weighted by Gasteiger charge is -2.05. The van der Waals surface area contributed by atoms with Crippen molar-refractivity contribution in [2.45, 2.75) is 20.3 Å². The van der Waals surface area contributed by atoms with Crippen molar-refractivity contribution < 1.29 is 9.59 Å². The van der Waals surface area contributed by atoms with Gasteiger partial charge in [0, 0.05) is 18.2 Å². The molecular formula is C10H13NO2. The van der Waals surface area contributed by atoms with Gasteiger partial charge in [0.05, 0.1) is 0 Å². The summed E-state index contributed by atoms with van der Waals surface area (Å²) in [6, 6.07) is 0. The van der Waals surface area contributed by atoms with Crippen molar-refractivity contribution in [1.82, 2.24) is 4.90 Å². The van der Waals surface area contributed by atoms with Crippen LogP contribution >= 0.6 is 0 Å². The second-order valence-corrected chi connectivity index (χ2v) is 3.05. The van der Waals surface area contributed by atoms with Crippen molar-refractivity contribution in [2.75, 3.05) is 7.05 Å². The molecule has 0 fully saturated rings. The molecule has 0 bridgehead atoms. The van der Waals surface area contributed by atoms with E-state index in [0.29, 0.717) is 17.6 Å². The minimum Gasteiger partial charge on any atom is -0.278 e. The van der Waals surface area contributed by atoms with Crippen molar-refractivity contribution in [3.63, 3.8) is 0 Å². The normalized spacial score (nSPS) is 18.2. The van der Waals surface area contributed by atoms with Gasteiger partial charge >= 0.3 is 0 Å². The van der Waals surface area contributed by atoms with Gasteiger partial charge in [0.1, 0.15) is 0 Å². The first-order chi connectivity index (χ1) is 6.09.